The number of carbonyl (C=O) groups excluding carboxylic acids is 1. The van der Waals surface area contributed by atoms with E-state index in [4.69, 9.17) is 9.47 Å². The second-order valence-electron chi connectivity index (χ2n) is 6.41. The van der Waals surface area contributed by atoms with Gasteiger partial charge in [-0.05, 0) is 41.8 Å². The second-order valence-corrected chi connectivity index (χ2v) is 8.21. The Morgan fingerprint density at radius 1 is 1.03 bits per heavy atom. The quantitative estimate of drug-likeness (QED) is 0.505. The van der Waals surface area contributed by atoms with E-state index in [0.29, 0.717) is 29.2 Å². The maximum absolute atomic E-state index is 12.2. The Bertz CT molecular complexity index is 985. The summed E-state index contributed by atoms with van der Waals surface area (Å²) in [7, 11) is -1.90. The summed E-state index contributed by atoms with van der Waals surface area (Å²) >= 11 is 0. The van der Waals surface area contributed by atoms with Gasteiger partial charge in [0.1, 0.15) is 0 Å². The molecule has 2 N–H and O–H groups in total. The van der Waals surface area contributed by atoms with Crippen molar-refractivity contribution in [2.75, 3.05) is 25.6 Å². The van der Waals surface area contributed by atoms with Crippen LogP contribution in [0.15, 0.2) is 67.8 Å². The first-order valence-electron chi connectivity index (χ1n) is 9.24. The van der Waals surface area contributed by atoms with Crippen molar-refractivity contribution in [2.24, 2.45) is 0 Å². The van der Waals surface area contributed by atoms with Crippen LogP contribution in [0.1, 0.15) is 11.1 Å². The van der Waals surface area contributed by atoms with Crippen LogP contribution in [0, 0.1) is 0 Å². The first kappa shape index (κ1) is 23.2. The highest BCUT2D eigenvalue weighted by Crippen LogP contribution is 2.28. The van der Waals surface area contributed by atoms with Crippen LogP contribution in [0.3, 0.4) is 0 Å². The molecule has 0 fully saturated rings. The van der Waals surface area contributed by atoms with Gasteiger partial charge >= 0.3 is 0 Å². The Kier molecular flexibility index (Phi) is 8.64. The Morgan fingerprint density at radius 3 is 2.37 bits per heavy atom. The van der Waals surface area contributed by atoms with Crippen molar-refractivity contribution < 1.29 is 22.7 Å². The monoisotopic (exact) mass is 430 g/mol. The summed E-state index contributed by atoms with van der Waals surface area (Å²) in [6.45, 7) is 7.17. The highest BCUT2D eigenvalue weighted by atomic mass is 32.2. The third kappa shape index (κ3) is 7.38. The van der Waals surface area contributed by atoms with Crippen molar-refractivity contribution in [3.8, 4) is 11.5 Å². The molecule has 8 heteroatoms. The van der Waals surface area contributed by atoms with Crippen molar-refractivity contribution in [2.45, 2.75) is 12.2 Å². The van der Waals surface area contributed by atoms with Gasteiger partial charge in [0.2, 0.25) is 10.0 Å². The van der Waals surface area contributed by atoms with Gasteiger partial charge in [0, 0.05) is 12.2 Å². The maximum Gasteiger partial charge on any atom is 0.262 e. The zero-order chi connectivity index (χ0) is 22.0. The summed E-state index contributed by atoms with van der Waals surface area (Å²) in [5.41, 5.74) is 2.17. The van der Waals surface area contributed by atoms with E-state index in [1.165, 1.54) is 13.2 Å². The normalized spacial score (nSPS) is 10.8. The van der Waals surface area contributed by atoms with E-state index < -0.39 is 10.0 Å². The van der Waals surface area contributed by atoms with E-state index in [2.05, 4.69) is 23.2 Å². The average Bonchev–Trinajstić information content (AvgIpc) is 2.72. The minimum absolute atomic E-state index is 0.153. The van der Waals surface area contributed by atoms with Gasteiger partial charge in [-0.2, -0.15) is 0 Å². The number of hydrogen-bond donors (Lipinski definition) is 2. The van der Waals surface area contributed by atoms with Gasteiger partial charge in [-0.1, -0.05) is 30.4 Å². The summed E-state index contributed by atoms with van der Waals surface area (Å²) in [6, 6.07) is 12.0. The van der Waals surface area contributed by atoms with E-state index in [1.54, 1.807) is 36.4 Å². The van der Waals surface area contributed by atoms with E-state index in [0.717, 1.165) is 5.56 Å². The fourth-order valence-corrected chi connectivity index (χ4v) is 3.71. The minimum atomic E-state index is -3.43. The molecule has 1 amide bonds. The summed E-state index contributed by atoms with van der Waals surface area (Å²) < 4.78 is 37.1. The number of allylic oxidation sites excluding steroid dienone is 1. The number of ether oxygens (including phenoxy) is 2. The van der Waals surface area contributed by atoms with E-state index in [-0.39, 0.29) is 24.8 Å². The molecule has 2 aromatic rings. The Labute approximate surface area is 177 Å². The van der Waals surface area contributed by atoms with Crippen LogP contribution in [-0.4, -0.2) is 34.6 Å². The van der Waals surface area contributed by atoms with Crippen molar-refractivity contribution in [1.29, 1.82) is 0 Å². The fourth-order valence-electron chi connectivity index (χ4n) is 2.61. The van der Waals surface area contributed by atoms with E-state index >= 15 is 0 Å². The first-order valence-corrected chi connectivity index (χ1v) is 10.9. The first-order chi connectivity index (χ1) is 14.4. The van der Waals surface area contributed by atoms with Crippen LogP contribution in [-0.2, 0) is 27.0 Å². The number of amides is 1. The smallest absolute Gasteiger partial charge is 0.262 e. The summed E-state index contributed by atoms with van der Waals surface area (Å²) in [4.78, 5) is 12.2. The fraction of sp³-hybridized carbons (Fsp3) is 0.227. The SMILES string of the molecule is C=CCNS(=O)(=O)Cc1ccc(NC(=O)COc2ccc(CC=C)cc2OC)cc1. The molecule has 30 heavy (non-hydrogen) atoms. The number of carbonyl (C=O) groups is 1. The molecular formula is C22H26N2O5S. The van der Waals surface area contributed by atoms with Crippen LogP contribution in [0.25, 0.3) is 0 Å². The van der Waals surface area contributed by atoms with Crippen molar-refractivity contribution >= 4 is 21.6 Å². The van der Waals surface area contributed by atoms with Crippen LogP contribution in [0.4, 0.5) is 5.69 Å². The zero-order valence-electron chi connectivity index (χ0n) is 16.9. The van der Waals surface area contributed by atoms with Gasteiger partial charge in [0.15, 0.2) is 18.1 Å². The average molecular weight is 431 g/mol. The summed E-state index contributed by atoms with van der Waals surface area (Å²) in [6.07, 6.45) is 3.98. The van der Waals surface area contributed by atoms with Crippen LogP contribution >= 0.6 is 0 Å². The molecule has 0 spiro atoms. The molecule has 2 rings (SSSR count). The molecule has 0 bridgehead atoms. The second kappa shape index (κ2) is 11.2. The van der Waals surface area contributed by atoms with Gasteiger partial charge in [-0.25, -0.2) is 13.1 Å². The molecule has 0 aliphatic rings. The van der Waals surface area contributed by atoms with Gasteiger partial charge < -0.3 is 14.8 Å². The molecule has 0 saturated heterocycles. The van der Waals surface area contributed by atoms with Crippen molar-refractivity contribution in [3.63, 3.8) is 0 Å². The number of methoxy groups -OCH3 is 1. The van der Waals surface area contributed by atoms with Crippen LogP contribution < -0.4 is 19.5 Å². The molecule has 2 aromatic carbocycles. The Morgan fingerprint density at radius 2 is 1.73 bits per heavy atom. The Hall–Kier alpha value is -3.10. The van der Waals surface area contributed by atoms with Gasteiger partial charge in [-0.3, -0.25) is 4.79 Å². The van der Waals surface area contributed by atoms with E-state index in [1.807, 2.05) is 12.1 Å². The summed E-state index contributed by atoms with van der Waals surface area (Å²) in [5.74, 6) is 0.505. The van der Waals surface area contributed by atoms with E-state index in [9.17, 15) is 13.2 Å². The van der Waals surface area contributed by atoms with Crippen molar-refractivity contribution in [3.05, 3.63) is 78.9 Å². The molecule has 0 saturated carbocycles. The largest absolute Gasteiger partial charge is 0.493 e. The topological polar surface area (TPSA) is 93.7 Å². The molecule has 0 radical (unpaired) electrons. The predicted molar refractivity (Wildman–Crippen MR) is 118 cm³/mol. The standard InChI is InChI=1S/C22H26N2O5S/c1-4-6-17-9-12-20(21(14-17)28-3)29-15-22(25)24-19-10-7-18(8-11-19)16-30(26,27)23-13-5-2/h4-5,7-12,14,23H,1-2,6,13,15-16H2,3H3,(H,24,25). The molecule has 0 aliphatic heterocycles. The van der Waals surface area contributed by atoms with Crippen LogP contribution in [0.5, 0.6) is 11.5 Å². The number of anilines is 1. The number of benzene rings is 2. The predicted octanol–water partition coefficient (Wildman–Crippen LogP) is 3.05. The molecule has 0 atom stereocenters. The number of sulfonamides is 1. The molecule has 160 valence electrons. The third-order valence-electron chi connectivity index (χ3n) is 4.01. The highest BCUT2D eigenvalue weighted by Gasteiger charge is 2.11. The molecule has 0 unspecified atom stereocenters. The summed E-state index contributed by atoms with van der Waals surface area (Å²) in [5, 5.41) is 2.71. The number of hydrogen-bond acceptors (Lipinski definition) is 5. The number of nitrogens with one attached hydrogen (secondary N) is 2. The lowest BCUT2D eigenvalue weighted by Crippen LogP contribution is -2.25. The number of rotatable bonds is 12. The highest BCUT2D eigenvalue weighted by molar-refractivity contribution is 7.88. The lowest BCUT2D eigenvalue weighted by molar-refractivity contribution is -0.118. The Balaban J connectivity index is 1.91. The molecular weight excluding hydrogens is 404 g/mol. The van der Waals surface area contributed by atoms with Crippen LogP contribution in [0.2, 0.25) is 0 Å². The molecule has 0 aromatic heterocycles. The van der Waals surface area contributed by atoms with Crippen molar-refractivity contribution in [1.82, 2.24) is 4.72 Å². The molecule has 7 nitrogen and oxygen atoms in total. The lowest BCUT2D eigenvalue weighted by atomic mass is 10.1. The van der Waals surface area contributed by atoms with Gasteiger partial charge in [0.05, 0.1) is 12.9 Å². The third-order valence-corrected chi connectivity index (χ3v) is 5.33. The van der Waals surface area contributed by atoms with Gasteiger partial charge in [-0.15, -0.1) is 13.2 Å². The minimum Gasteiger partial charge on any atom is -0.493 e. The molecule has 0 aliphatic carbocycles. The van der Waals surface area contributed by atoms with Gasteiger partial charge in [0.25, 0.3) is 5.91 Å². The zero-order valence-corrected chi connectivity index (χ0v) is 17.7. The molecule has 0 heterocycles. The maximum atomic E-state index is 12.2. The lowest BCUT2D eigenvalue weighted by Gasteiger charge is -2.12.